The third kappa shape index (κ3) is 2.98. The molecule has 2 heterocycles. The van der Waals surface area contributed by atoms with Crippen LogP contribution in [-0.4, -0.2) is 37.9 Å². The van der Waals surface area contributed by atoms with Crippen LogP contribution in [-0.2, 0) is 0 Å². The van der Waals surface area contributed by atoms with E-state index in [1.54, 1.807) is 18.6 Å². The van der Waals surface area contributed by atoms with Gasteiger partial charge in [-0.05, 0) is 37.1 Å². The molecule has 4 rings (SSSR count). The number of nitrogens with zero attached hydrogens (tertiary/aromatic N) is 5. The largest absolute Gasteiger partial charge is 0.507 e. The summed E-state index contributed by atoms with van der Waals surface area (Å²) in [4.78, 5) is 6.17. The van der Waals surface area contributed by atoms with Crippen molar-refractivity contribution >= 4 is 5.82 Å². The molecule has 0 saturated carbocycles. The molecule has 1 aliphatic carbocycles. The summed E-state index contributed by atoms with van der Waals surface area (Å²) in [5, 5.41) is 19.0. The van der Waals surface area contributed by atoms with Crippen LogP contribution in [0, 0.1) is 0 Å². The predicted octanol–water partition coefficient (Wildman–Crippen LogP) is 3.19. The van der Waals surface area contributed by atoms with E-state index in [1.807, 2.05) is 42.1 Å². The molecule has 25 heavy (non-hydrogen) atoms. The maximum Gasteiger partial charge on any atom is 0.151 e. The quantitative estimate of drug-likeness (QED) is 0.743. The second kappa shape index (κ2) is 6.39. The minimum atomic E-state index is 0.168. The van der Waals surface area contributed by atoms with Gasteiger partial charge in [-0.1, -0.05) is 12.2 Å². The first-order valence-corrected chi connectivity index (χ1v) is 8.25. The molecule has 0 bridgehead atoms. The molecule has 1 aromatic carbocycles. The standard InChI is InChI=1S/C19H19N5O/c1-23(14-4-2-3-5-14)19-9-8-17(21-22-19)16-7-6-15(12-18(16)25)24-11-10-20-13-24/h2-3,6-14,25H,4-5H2,1H3. The highest BCUT2D eigenvalue weighted by molar-refractivity contribution is 5.69. The van der Waals surface area contributed by atoms with Crippen molar-refractivity contribution in [3.8, 4) is 22.7 Å². The molecule has 0 saturated heterocycles. The molecule has 1 aliphatic rings. The van der Waals surface area contributed by atoms with Crippen LogP contribution in [0.5, 0.6) is 5.75 Å². The normalized spacial score (nSPS) is 14.1. The second-order valence-electron chi connectivity index (χ2n) is 6.16. The van der Waals surface area contributed by atoms with Crippen LogP contribution in [0.2, 0.25) is 0 Å². The van der Waals surface area contributed by atoms with Gasteiger partial charge in [0.1, 0.15) is 5.75 Å². The number of anilines is 1. The van der Waals surface area contributed by atoms with Crippen LogP contribution in [0.1, 0.15) is 12.8 Å². The van der Waals surface area contributed by atoms with Gasteiger partial charge in [-0.3, -0.25) is 0 Å². The Morgan fingerprint density at radius 3 is 2.60 bits per heavy atom. The Morgan fingerprint density at radius 1 is 1.12 bits per heavy atom. The second-order valence-corrected chi connectivity index (χ2v) is 6.16. The average molecular weight is 333 g/mol. The summed E-state index contributed by atoms with van der Waals surface area (Å²) in [6.07, 6.45) is 11.7. The number of phenolic OH excluding ortho intramolecular Hbond substituents is 1. The van der Waals surface area contributed by atoms with Crippen molar-refractivity contribution in [1.82, 2.24) is 19.7 Å². The molecule has 6 nitrogen and oxygen atoms in total. The Balaban J connectivity index is 1.57. The summed E-state index contributed by atoms with van der Waals surface area (Å²) in [6, 6.07) is 9.75. The van der Waals surface area contributed by atoms with Crippen LogP contribution in [0.3, 0.4) is 0 Å². The van der Waals surface area contributed by atoms with Crippen molar-refractivity contribution in [3.05, 3.63) is 61.2 Å². The van der Waals surface area contributed by atoms with Crippen molar-refractivity contribution in [1.29, 1.82) is 0 Å². The molecule has 0 atom stereocenters. The number of rotatable bonds is 4. The fraction of sp³-hybridized carbons (Fsp3) is 0.211. The lowest BCUT2D eigenvalue weighted by molar-refractivity contribution is 0.476. The van der Waals surface area contributed by atoms with Gasteiger partial charge in [0.15, 0.2) is 5.82 Å². The van der Waals surface area contributed by atoms with Gasteiger partial charge >= 0.3 is 0 Å². The summed E-state index contributed by atoms with van der Waals surface area (Å²) in [5.74, 6) is 1.01. The summed E-state index contributed by atoms with van der Waals surface area (Å²) < 4.78 is 1.84. The zero-order chi connectivity index (χ0) is 17.2. The Bertz CT molecular complexity index is 879. The highest BCUT2D eigenvalue weighted by Gasteiger charge is 2.18. The highest BCUT2D eigenvalue weighted by atomic mass is 16.3. The van der Waals surface area contributed by atoms with Gasteiger partial charge in [0.25, 0.3) is 0 Å². The van der Waals surface area contributed by atoms with Crippen LogP contribution >= 0.6 is 0 Å². The summed E-state index contributed by atoms with van der Waals surface area (Å²) in [7, 11) is 2.04. The van der Waals surface area contributed by atoms with Crippen molar-refractivity contribution in [2.24, 2.45) is 0 Å². The molecule has 2 aromatic heterocycles. The lowest BCUT2D eigenvalue weighted by Crippen LogP contribution is -2.30. The topological polar surface area (TPSA) is 67.1 Å². The zero-order valence-corrected chi connectivity index (χ0v) is 13.9. The summed E-state index contributed by atoms with van der Waals surface area (Å²) in [5.41, 5.74) is 2.15. The molecule has 6 heteroatoms. The Hall–Kier alpha value is -3.15. The molecular formula is C19H19N5O. The number of aromatic hydroxyl groups is 1. The fourth-order valence-electron chi connectivity index (χ4n) is 3.07. The molecular weight excluding hydrogens is 314 g/mol. The van der Waals surface area contributed by atoms with Gasteiger partial charge in [0.2, 0.25) is 0 Å². The summed E-state index contributed by atoms with van der Waals surface area (Å²) in [6.45, 7) is 0. The van der Waals surface area contributed by atoms with E-state index >= 15 is 0 Å². The van der Waals surface area contributed by atoms with Crippen molar-refractivity contribution in [2.45, 2.75) is 18.9 Å². The highest BCUT2D eigenvalue weighted by Crippen LogP contribution is 2.30. The molecule has 0 radical (unpaired) electrons. The number of aromatic nitrogens is 4. The lowest BCUT2D eigenvalue weighted by Gasteiger charge is -2.24. The first kappa shape index (κ1) is 15.4. The smallest absolute Gasteiger partial charge is 0.151 e. The van der Waals surface area contributed by atoms with E-state index in [0.717, 1.165) is 24.3 Å². The third-order valence-corrected chi connectivity index (χ3v) is 4.60. The Kier molecular flexibility index (Phi) is 3.93. The van der Waals surface area contributed by atoms with E-state index in [0.29, 0.717) is 17.3 Å². The molecule has 0 fully saturated rings. The fourth-order valence-corrected chi connectivity index (χ4v) is 3.07. The van der Waals surface area contributed by atoms with Crippen molar-refractivity contribution < 1.29 is 5.11 Å². The number of phenols is 1. The van der Waals surface area contributed by atoms with Gasteiger partial charge in [-0.2, -0.15) is 0 Å². The summed E-state index contributed by atoms with van der Waals surface area (Å²) >= 11 is 0. The Morgan fingerprint density at radius 2 is 1.96 bits per heavy atom. The first-order valence-electron chi connectivity index (χ1n) is 8.25. The number of hydrogen-bond donors (Lipinski definition) is 1. The van der Waals surface area contributed by atoms with Gasteiger partial charge in [-0.25, -0.2) is 4.98 Å². The van der Waals surface area contributed by atoms with Crippen LogP contribution in [0.25, 0.3) is 16.9 Å². The monoisotopic (exact) mass is 333 g/mol. The zero-order valence-electron chi connectivity index (χ0n) is 13.9. The van der Waals surface area contributed by atoms with Crippen LogP contribution in [0.4, 0.5) is 5.82 Å². The third-order valence-electron chi connectivity index (χ3n) is 4.60. The maximum absolute atomic E-state index is 10.4. The number of imidazole rings is 1. The molecule has 0 amide bonds. The van der Waals surface area contributed by atoms with Crippen LogP contribution in [0.15, 0.2) is 61.2 Å². The van der Waals surface area contributed by atoms with E-state index in [1.165, 1.54) is 0 Å². The molecule has 0 spiro atoms. The minimum Gasteiger partial charge on any atom is -0.507 e. The molecule has 0 aliphatic heterocycles. The van der Waals surface area contributed by atoms with E-state index in [9.17, 15) is 5.11 Å². The number of benzene rings is 1. The lowest BCUT2D eigenvalue weighted by atomic mass is 10.1. The molecule has 126 valence electrons. The maximum atomic E-state index is 10.4. The number of hydrogen-bond acceptors (Lipinski definition) is 5. The van der Waals surface area contributed by atoms with Crippen LogP contribution < -0.4 is 4.90 Å². The van der Waals surface area contributed by atoms with Gasteiger partial charge in [0, 0.05) is 37.1 Å². The Labute approximate surface area is 146 Å². The van der Waals surface area contributed by atoms with E-state index in [4.69, 9.17) is 0 Å². The molecule has 3 aromatic rings. The molecule has 1 N–H and O–H groups in total. The first-order chi connectivity index (χ1) is 12.2. The van der Waals surface area contributed by atoms with Gasteiger partial charge in [-0.15, -0.1) is 10.2 Å². The van der Waals surface area contributed by atoms with E-state index in [2.05, 4.69) is 32.2 Å². The minimum absolute atomic E-state index is 0.168. The van der Waals surface area contributed by atoms with Crippen molar-refractivity contribution in [3.63, 3.8) is 0 Å². The van der Waals surface area contributed by atoms with E-state index < -0.39 is 0 Å². The molecule has 0 unspecified atom stereocenters. The predicted molar refractivity (Wildman–Crippen MR) is 96.8 cm³/mol. The average Bonchev–Trinajstić information content (AvgIpc) is 3.35. The van der Waals surface area contributed by atoms with Gasteiger partial charge in [0.05, 0.1) is 17.7 Å². The van der Waals surface area contributed by atoms with E-state index in [-0.39, 0.29) is 5.75 Å². The van der Waals surface area contributed by atoms with Gasteiger partial charge < -0.3 is 14.6 Å². The SMILES string of the molecule is CN(c1ccc(-c2ccc(-n3ccnc3)cc2O)nn1)C1CC=CC1. The van der Waals surface area contributed by atoms with Crippen molar-refractivity contribution in [2.75, 3.05) is 11.9 Å².